The lowest BCUT2D eigenvalue weighted by molar-refractivity contribution is -0.384. The first-order valence-electron chi connectivity index (χ1n) is 15.3. The minimum Gasteiger partial charge on any atom is -0.497 e. The summed E-state index contributed by atoms with van der Waals surface area (Å²) in [4.78, 5) is 25.0. The molecule has 0 radical (unpaired) electrons. The number of amides is 1. The average Bonchev–Trinajstić information content (AvgIpc) is 3.08. The van der Waals surface area contributed by atoms with Crippen molar-refractivity contribution in [2.24, 2.45) is 0 Å². The van der Waals surface area contributed by atoms with Crippen molar-refractivity contribution < 1.29 is 28.0 Å². The van der Waals surface area contributed by atoms with E-state index in [-0.39, 0.29) is 42.4 Å². The van der Waals surface area contributed by atoms with E-state index in [4.69, 9.17) is 4.74 Å². The van der Waals surface area contributed by atoms with Crippen molar-refractivity contribution in [3.63, 3.8) is 0 Å². The van der Waals surface area contributed by atoms with Crippen molar-refractivity contribution >= 4 is 27.3 Å². The summed E-state index contributed by atoms with van der Waals surface area (Å²) in [6.45, 7) is 0.674. The third-order valence-corrected chi connectivity index (χ3v) is 10.1. The molecular weight excluding hydrogens is 620 g/mol. The predicted molar refractivity (Wildman–Crippen MR) is 180 cm³/mol. The molecule has 3 atom stereocenters. The number of ether oxygens (including phenoxy) is 1. The summed E-state index contributed by atoms with van der Waals surface area (Å²) in [5.74, 6) is -0.212. The first kappa shape index (κ1) is 33.6. The van der Waals surface area contributed by atoms with E-state index in [1.165, 1.54) is 12.1 Å². The number of rotatable bonds is 13. The maximum Gasteiger partial charge on any atom is 0.272 e. The van der Waals surface area contributed by atoms with Gasteiger partial charge in [-0.3, -0.25) is 19.2 Å². The molecule has 4 aromatic rings. The Balaban J connectivity index is 1.38. The Morgan fingerprint density at radius 3 is 2.40 bits per heavy atom. The van der Waals surface area contributed by atoms with Gasteiger partial charge in [0.1, 0.15) is 5.75 Å². The van der Waals surface area contributed by atoms with E-state index in [9.17, 15) is 28.4 Å². The maximum atomic E-state index is 13.7. The fraction of sp³-hybridized carbons (Fsp3) is 0.286. The number of sulfonamides is 1. The van der Waals surface area contributed by atoms with Crippen LogP contribution in [0.5, 0.6) is 5.75 Å². The van der Waals surface area contributed by atoms with Crippen molar-refractivity contribution in [2.75, 3.05) is 30.3 Å². The summed E-state index contributed by atoms with van der Waals surface area (Å²) in [6, 6.07) is 29.3. The standard InChI is InChI=1S/C35H38N4O7S/c1-46-32-14-8-11-26(17-32)22-36-23-34(40)33(18-25-9-4-2-5-10-25)37-35(41)29-19-30(21-31(20-29)39(42)43)38-24-28(15-16-47(38,44)45)27-12-6-3-7-13-27/h2-14,17,19-21,28,33-34,36,40H,15-16,18,22-24H2,1H3,(H,37,41)/t28?,33-,34+/m0/s1. The van der Waals surface area contributed by atoms with Gasteiger partial charge in [0.25, 0.3) is 11.6 Å². The zero-order valence-corrected chi connectivity index (χ0v) is 26.8. The molecule has 1 amide bonds. The molecule has 1 aliphatic heterocycles. The van der Waals surface area contributed by atoms with Gasteiger partial charge < -0.3 is 20.5 Å². The molecule has 11 nitrogen and oxygen atoms in total. The summed E-state index contributed by atoms with van der Waals surface area (Å²) >= 11 is 0. The lowest BCUT2D eigenvalue weighted by Crippen LogP contribution is -2.48. The maximum absolute atomic E-state index is 13.7. The van der Waals surface area contributed by atoms with E-state index < -0.39 is 38.7 Å². The van der Waals surface area contributed by atoms with Crippen LogP contribution in [-0.2, 0) is 23.0 Å². The Morgan fingerprint density at radius 1 is 1.00 bits per heavy atom. The SMILES string of the molecule is COc1cccc(CNC[C@@H](O)[C@H](Cc2ccccc2)NC(=O)c2cc(N3CC(c4ccccc4)CCS3(=O)=O)cc([N+](=O)[O-])c2)c1. The van der Waals surface area contributed by atoms with E-state index in [2.05, 4.69) is 10.6 Å². The second kappa shape index (κ2) is 15.2. The van der Waals surface area contributed by atoms with Crippen LogP contribution in [0.15, 0.2) is 103 Å². The summed E-state index contributed by atoms with van der Waals surface area (Å²) in [7, 11) is -2.21. The number of carbonyl (C=O) groups is 1. The van der Waals surface area contributed by atoms with Crippen molar-refractivity contribution in [2.45, 2.75) is 37.5 Å². The van der Waals surface area contributed by atoms with Crippen LogP contribution in [0.1, 0.15) is 39.4 Å². The first-order chi connectivity index (χ1) is 22.6. The van der Waals surface area contributed by atoms with E-state index in [0.29, 0.717) is 18.7 Å². The third-order valence-electron chi connectivity index (χ3n) is 8.28. The van der Waals surface area contributed by atoms with Crippen LogP contribution < -0.4 is 19.7 Å². The first-order valence-corrected chi connectivity index (χ1v) is 16.9. The fourth-order valence-electron chi connectivity index (χ4n) is 5.74. The summed E-state index contributed by atoms with van der Waals surface area (Å²) in [5.41, 5.74) is 2.34. The van der Waals surface area contributed by atoms with Gasteiger partial charge in [-0.05, 0) is 47.7 Å². The van der Waals surface area contributed by atoms with Gasteiger partial charge in [0, 0.05) is 43.2 Å². The number of aliphatic hydroxyl groups is 1. The Bertz CT molecular complexity index is 1790. The summed E-state index contributed by atoms with van der Waals surface area (Å²) < 4.78 is 32.9. The summed E-state index contributed by atoms with van der Waals surface area (Å²) in [6.07, 6.45) is -0.330. The van der Waals surface area contributed by atoms with Crippen LogP contribution in [0.2, 0.25) is 0 Å². The number of non-ortho nitro benzene ring substituents is 1. The molecule has 1 saturated heterocycles. The molecule has 5 rings (SSSR count). The highest BCUT2D eigenvalue weighted by molar-refractivity contribution is 7.92. The third kappa shape index (κ3) is 8.73. The van der Waals surface area contributed by atoms with Crippen LogP contribution in [0.4, 0.5) is 11.4 Å². The number of hydrogen-bond donors (Lipinski definition) is 3. The van der Waals surface area contributed by atoms with Gasteiger partial charge >= 0.3 is 0 Å². The van der Waals surface area contributed by atoms with E-state index in [1.54, 1.807) is 7.11 Å². The number of methoxy groups -OCH3 is 1. The van der Waals surface area contributed by atoms with E-state index in [1.807, 2.05) is 84.9 Å². The molecule has 12 heteroatoms. The van der Waals surface area contributed by atoms with E-state index >= 15 is 0 Å². The number of nitro groups is 1. The molecule has 246 valence electrons. The fourth-order valence-corrected chi connectivity index (χ4v) is 7.37. The van der Waals surface area contributed by atoms with Gasteiger partial charge in [0.2, 0.25) is 10.0 Å². The zero-order chi connectivity index (χ0) is 33.4. The second-order valence-corrected chi connectivity index (χ2v) is 13.6. The molecule has 0 aliphatic carbocycles. The smallest absolute Gasteiger partial charge is 0.272 e. The summed E-state index contributed by atoms with van der Waals surface area (Å²) in [5, 5.41) is 29.3. The average molecular weight is 659 g/mol. The largest absolute Gasteiger partial charge is 0.497 e. The Hall–Kier alpha value is -4.78. The highest BCUT2D eigenvalue weighted by Crippen LogP contribution is 2.34. The molecule has 0 aromatic heterocycles. The Kier molecular flexibility index (Phi) is 10.9. The van der Waals surface area contributed by atoms with Gasteiger partial charge in [-0.15, -0.1) is 0 Å². The van der Waals surface area contributed by atoms with Crippen LogP contribution >= 0.6 is 0 Å². The number of anilines is 1. The quantitative estimate of drug-likeness (QED) is 0.141. The van der Waals surface area contributed by atoms with Crippen LogP contribution in [0.3, 0.4) is 0 Å². The molecule has 4 aromatic carbocycles. The Morgan fingerprint density at radius 2 is 1.70 bits per heavy atom. The molecule has 1 heterocycles. The number of nitrogens with one attached hydrogen (secondary N) is 2. The minimum absolute atomic E-state index is 0.0464. The molecule has 0 bridgehead atoms. The van der Waals surface area contributed by atoms with Gasteiger partial charge in [-0.1, -0.05) is 72.8 Å². The van der Waals surface area contributed by atoms with Gasteiger partial charge in [0.05, 0.1) is 35.6 Å². The van der Waals surface area contributed by atoms with Crippen molar-refractivity contribution in [3.8, 4) is 5.75 Å². The van der Waals surface area contributed by atoms with E-state index in [0.717, 1.165) is 27.1 Å². The molecule has 0 saturated carbocycles. The molecule has 0 spiro atoms. The molecule has 1 aliphatic rings. The lowest BCUT2D eigenvalue weighted by Gasteiger charge is -2.34. The van der Waals surface area contributed by atoms with Crippen LogP contribution in [-0.4, -0.2) is 62.5 Å². The highest BCUT2D eigenvalue weighted by Gasteiger charge is 2.34. The van der Waals surface area contributed by atoms with Crippen LogP contribution in [0.25, 0.3) is 0 Å². The number of nitro benzene ring substituents is 1. The molecule has 47 heavy (non-hydrogen) atoms. The topological polar surface area (TPSA) is 151 Å². The highest BCUT2D eigenvalue weighted by atomic mass is 32.2. The molecule has 1 unspecified atom stereocenters. The van der Waals surface area contributed by atoms with Gasteiger partial charge in [-0.25, -0.2) is 8.42 Å². The number of benzene rings is 4. The molecule has 3 N–H and O–H groups in total. The van der Waals surface area contributed by atoms with Gasteiger partial charge in [-0.2, -0.15) is 0 Å². The van der Waals surface area contributed by atoms with Crippen LogP contribution in [0, 0.1) is 10.1 Å². The van der Waals surface area contributed by atoms with Crippen molar-refractivity contribution in [1.29, 1.82) is 0 Å². The molecular formula is C35H38N4O7S. The lowest BCUT2D eigenvalue weighted by atomic mass is 9.96. The van der Waals surface area contributed by atoms with Gasteiger partial charge in [0.15, 0.2) is 0 Å². The monoisotopic (exact) mass is 658 g/mol. The number of aliphatic hydroxyl groups excluding tert-OH is 1. The number of nitrogens with zero attached hydrogens (tertiary/aromatic N) is 2. The predicted octanol–water partition coefficient (Wildman–Crippen LogP) is 4.42. The molecule has 1 fully saturated rings. The number of carbonyl (C=O) groups excluding carboxylic acids is 1. The minimum atomic E-state index is -3.79. The normalized spacial score (nSPS) is 17.0. The van der Waals surface area contributed by atoms with Crippen molar-refractivity contribution in [3.05, 3.63) is 135 Å². The Labute approximate surface area is 274 Å². The van der Waals surface area contributed by atoms with Crippen molar-refractivity contribution in [1.82, 2.24) is 10.6 Å². The second-order valence-electron chi connectivity index (χ2n) is 11.6. The zero-order valence-electron chi connectivity index (χ0n) is 26.0. The number of hydrogen-bond acceptors (Lipinski definition) is 8.